The van der Waals surface area contributed by atoms with E-state index < -0.39 is 47.9 Å². The van der Waals surface area contributed by atoms with Crippen LogP contribution in [-0.4, -0.2) is 41.5 Å². The molecule has 2 heterocycles. The minimum absolute atomic E-state index is 0.0227. The normalized spacial score (nSPS) is 12.4. The summed E-state index contributed by atoms with van der Waals surface area (Å²) < 4.78 is 24.7. The molecular weight excluding hydrogens is 611 g/mol. The number of nitrogens with one attached hydrogen (secondary N) is 3. The summed E-state index contributed by atoms with van der Waals surface area (Å²) in [6.07, 6.45) is 1.33. The van der Waals surface area contributed by atoms with E-state index in [1.54, 1.807) is 61.5 Å². The Morgan fingerprint density at radius 1 is 0.957 bits per heavy atom. The number of furan rings is 1. The predicted molar refractivity (Wildman–Crippen MR) is 170 cm³/mol. The molecule has 0 aliphatic carbocycles. The van der Waals surface area contributed by atoms with Crippen molar-refractivity contribution in [2.45, 2.75) is 38.3 Å². The number of benzene rings is 3. The van der Waals surface area contributed by atoms with Crippen LogP contribution < -0.4 is 27.3 Å². The number of nitrogens with two attached hydrogens (primary N) is 1. The Bertz CT molecular complexity index is 2020. The summed E-state index contributed by atoms with van der Waals surface area (Å²) >= 11 is 0. The van der Waals surface area contributed by atoms with Gasteiger partial charge in [-0.05, 0) is 54.7 Å². The number of carboxylic acids is 1. The first kappa shape index (κ1) is 32.4. The van der Waals surface area contributed by atoms with Gasteiger partial charge >= 0.3 is 17.6 Å². The minimum Gasteiger partial charge on any atom is -0.479 e. The molecular formula is C34H31FN4O8. The summed E-state index contributed by atoms with van der Waals surface area (Å²) in [5.41, 5.74) is 7.31. The number of primary amides is 1. The van der Waals surface area contributed by atoms with Gasteiger partial charge < -0.3 is 35.6 Å². The van der Waals surface area contributed by atoms with Crippen molar-refractivity contribution in [3.8, 4) is 11.1 Å². The van der Waals surface area contributed by atoms with Crippen molar-refractivity contribution in [3.05, 3.63) is 106 Å². The molecule has 0 spiro atoms. The second-order valence-corrected chi connectivity index (χ2v) is 10.9. The van der Waals surface area contributed by atoms with Crippen LogP contribution in [0.15, 0.2) is 86.6 Å². The molecule has 47 heavy (non-hydrogen) atoms. The van der Waals surface area contributed by atoms with Crippen molar-refractivity contribution in [2.75, 3.05) is 6.54 Å². The number of urea groups is 1. The van der Waals surface area contributed by atoms with E-state index in [0.29, 0.717) is 38.6 Å². The van der Waals surface area contributed by atoms with Crippen LogP contribution in [0.3, 0.4) is 0 Å². The number of amides is 4. The lowest BCUT2D eigenvalue weighted by molar-refractivity contribution is -0.142. The number of fused-ring (bicyclic) bond motifs is 2. The van der Waals surface area contributed by atoms with Gasteiger partial charge in [0.1, 0.15) is 23.0 Å². The molecule has 0 saturated heterocycles. The average molecular weight is 643 g/mol. The van der Waals surface area contributed by atoms with Crippen LogP contribution in [0.25, 0.3) is 33.1 Å². The van der Waals surface area contributed by atoms with Gasteiger partial charge in [0.25, 0.3) is 0 Å². The Morgan fingerprint density at radius 3 is 2.36 bits per heavy atom. The molecule has 0 saturated carbocycles. The van der Waals surface area contributed by atoms with E-state index in [1.165, 1.54) is 18.4 Å². The fourth-order valence-corrected chi connectivity index (χ4v) is 5.34. The molecule has 6 N–H and O–H groups in total. The fraction of sp³-hybridized carbons (Fsp3) is 0.206. The third-order valence-electron chi connectivity index (χ3n) is 7.76. The summed E-state index contributed by atoms with van der Waals surface area (Å²) in [7, 11) is 0. The van der Waals surface area contributed by atoms with Crippen LogP contribution in [0.4, 0.5) is 9.18 Å². The van der Waals surface area contributed by atoms with Gasteiger partial charge in [-0.15, -0.1) is 0 Å². The van der Waals surface area contributed by atoms with E-state index in [4.69, 9.17) is 14.6 Å². The van der Waals surface area contributed by atoms with Crippen molar-refractivity contribution in [2.24, 2.45) is 5.73 Å². The molecule has 0 radical (unpaired) electrons. The highest BCUT2D eigenvalue weighted by Gasteiger charge is 2.28. The molecule has 13 heteroatoms. The molecule has 0 aliphatic heterocycles. The molecule has 0 bridgehead atoms. The summed E-state index contributed by atoms with van der Waals surface area (Å²) in [6, 6.07) is 13.9. The van der Waals surface area contributed by atoms with E-state index >= 15 is 0 Å². The molecule has 2 atom stereocenters. The van der Waals surface area contributed by atoms with Crippen molar-refractivity contribution < 1.29 is 37.5 Å². The van der Waals surface area contributed by atoms with Gasteiger partial charge in [-0.25, -0.2) is 18.8 Å². The highest BCUT2D eigenvalue weighted by atomic mass is 19.1. The van der Waals surface area contributed by atoms with E-state index in [-0.39, 0.29) is 36.4 Å². The highest BCUT2D eigenvalue weighted by Crippen LogP contribution is 2.34. The quantitative estimate of drug-likeness (QED) is 0.0992. The zero-order valence-corrected chi connectivity index (χ0v) is 25.2. The molecule has 242 valence electrons. The van der Waals surface area contributed by atoms with Gasteiger partial charge in [0, 0.05) is 28.9 Å². The van der Waals surface area contributed by atoms with Crippen LogP contribution in [0.5, 0.6) is 0 Å². The molecule has 5 rings (SSSR count). The van der Waals surface area contributed by atoms with E-state index in [1.807, 2.05) is 0 Å². The van der Waals surface area contributed by atoms with E-state index in [2.05, 4.69) is 16.0 Å². The SMILES string of the molecule is Cc1c(CC(=O)N[C@@H](CCCNC(N)=O)C(=O)N[C@@H](C(=O)O)c2ccccc2)c(=O)oc2cc3occ(-c4ccc(F)cc4)c3cc12. The number of rotatable bonds is 12. The maximum atomic E-state index is 13.5. The molecule has 12 nitrogen and oxygen atoms in total. The first-order chi connectivity index (χ1) is 22.5. The second-order valence-electron chi connectivity index (χ2n) is 10.9. The Morgan fingerprint density at radius 2 is 1.68 bits per heavy atom. The van der Waals surface area contributed by atoms with Gasteiger partial charge in [-0.3, -0.25) is 9.59 Å². The Balaban J connectivity index is 1.40. The van der Waals surface area contributed by atoms with Crippen LogP contribution in [0.1, 0.15) is 35.6 Å². The predicted octanol–water partition coefficient (Wildman–Crippen LogP) is 4.07. The third kappa shape index (κ3) is 7.47. The monoisotopic (exact) mass is 642 g/mol. The molecule has 2 aromatic heterocycles. The lowest BCUT2D eigenvalue weighted by Crippen LogP contribution is -2.49. The second kappa shape index (κ2) is 14.0. The number of halogens is 1. The molecule has 0 fully saturated rings. The number of carbonyl (C=O) groups excluding carboxylic acids is 3. The largest absolute Gasteiger partial charge is 0.479 e. The topological polar surface area (TPSA) is 194 Å². The molecule has 5 aromatic rings. The number of carbonyl (C=O) groups is 4. The number of aliphatic carboxylic acids is 1. The van der Waals surface area contributed by atoms with Crippen molar-refractivity contribution >= 4 is 45.8 Å². The zero-order valence-electron chi connectivity index (χ0n) is 25.2. The number of hydrogen-bond acceptors (Lipinski definition) is 7. The first-order valence-corrected chi connectivity index (χ1v) is 14.7. The maximum absolute atomic E-state index is 13.5. The minimum atomic E-state index is -1.39. The Hall–Kier alpha value is -5.98. The van der Waals surface area contributed by atoms with Gasteiger partial charge in [0.2, 0.25) is 11.8 Å². The average Bonchev–Trinajstić information content (AvgIpc) is 3.45. The third-order valence-corrected chi connectivity index (χ3v) is 7.76. The Labute approximate surface area is 266 Å². The van der Waals surface area contributed by atoms with Crippen molar-refractivity contribution in [1.82, 2.24) is 16.0 Å². The van der Waals surface area contributed by atoms with Gasteiger partial charge in [-0.2, -0.15) is 0 Å². The maximum Gasteiger partial charge on any atom is 0.340 e. The lowest BCUT2D eigenvalue weighted by Gasteiger charge is -2.22. The molecule has 3 aromatic carbocycles. The smallest absolute Gasteiger partial charge is 0.340 e. The van der Waals surface area contributed by atoms with Gasteiger partial charge in [-0.1, -0.05) is 42.5 Å². The molecule has 0 aliphatic rings. The molecule has 0 unspecified atom stereocenters. The summed E-state index contributed by atoms with van der Waals surface area (Å²) in [4.78, 5) is 62.8. The summed E-state index contributed by atoms with van der Waals surface area (Å²) in [5, 5.41) is 18.5. The summed E-state index contributed by atoms with van der Waals surface area (Å²) in [5.74, 6) is -3.14. The van der Waals surface area contributed by atoms with Crippen LogP contribution >= 0.6 is 0 Å². The number of hydrogen-bond donors (Lipinski definition) is 5. The fourth-order valence-electron chi connectivity index (χ4n) is 5.34. The zero-order chi connectivity index (χ0) is 33.7. The standard InChI is InChI=1S/C34H31FN4O8/c1-18-22-14-24-25(19-9-11-21(35)12-10-19)17-46-27(24)16-28(22)47-33(44)23(18)15-29(40)38-26(8-5-13-37-34(36)45)31(41)39-30(32(42)43)20-6-3-2-4-7-20/h2-4,6-7,9-12,14,16-17,26,30H,5,8,13,15H2,1H3,(H,38,40)(H,39,41)(H,42,43)(H3,36,37,45)/t26-,30+/m0/s1. The van der Waals surface area contributed by atoms with Crippen molar-refractivity contribution in [1.29, 1.82) is 0 Å². The van der Waals surface area contributed by atoms with Crippen LogP contribution in [0.2, 0.25) is 0 Å². The first-order valence-electron chi connectivity index (χ1n) is 14.7. The summed E-state index contributed by atoms with van der Waals surface area (Å²) in [6.45, 7) is 1.77. The van der Waals surface area contributed by atoms with E-state index in [9.17, 15) is 33.5 Å². The van der Waals surface area contributed by atoms with Gasteiger partial charge in [0.05, 0.1) is 18.2 Å². The lowest BCUT2D eigenvalue weighted by atomic mass is 9.99. The number of carboxylic acid groups (broad SMARTS) is 1. The van der Waals surface area contributed by atoms with Crippen molar-refractivity contribution in [3.63, 3.8) is 0 Å². The van der Waals surface area contributed by atoms with Gasteiger partial charge in [0.15, 0.2) is 6.04 Å². The number of aryl methyl sites for hydroxylation is 1. The highest BCUT2D eigenvalue weighted by molar-refractivity contribution is 6.02. The van der Waals surface area contributed by atoms with E-state index in [0.717, 1.165) is 0 Å². The van der Waals surface area contributed by atoms with Crippen LogP contribution in [0, 0.1) is 12.7 Å². The molecule has 4 amide bonds. The van der Waals surface area contributed by atoms with Crippen LogP contribution in [-0.2, 0) is 20.8 Å². The Kier molecular flexibility index (Phi) is 9.64.